The first-order valence-corrected chi connectivity index (χ1v) is 7.74. The fourth-order valence-electron chi connectivity index (χ4n) is 2.96. The van der Waals surface area contributed by atoms with Crippen molar-refractivity contribution in [3.8, 4) is 11.5 Å². The van der Waals surface area contributed by atoms with Gasteiger partial charge in [-0.05, 0) is 36.5 Å². The lowest BCUT2D eigenvalue weighted by molar-refractivity contribution is 0.0898. The fraction of sp³-hybridized carbons (Fsp3) is 0.647. The van der Waals surface area contributed by atoms with Crippen LogP contribution in [-0.2, 0) is 6.54 Å². The normalized spacial score (nSPS) is 22.0. The zero-order chi connectivity index (χ0) is 15.5. The van der Waals surface area contributed by atoms with Gasteiger partial charge >= 0.3 is 0 Å². The highest BCUT2D eigenvalue weighted by Crippen LogP contribution is 2.31. The predicted molar refractivity (Wildman–Crippen MR) is 85.8 cm³/mol. The molecule has 2 N–H and O–H groups in total. The van der Waals surface area contributed by atoms with Crippen molar-refractivity contribution in [2.75, 3.05) is 26.8 Å². The molecule has 4 heteroatoms. The Hall–Kier alpha value is -1.26. The molecule has 21 heavy (non-hydrogen) atoms. The fourth-order valence-corrected chi connectivity index (χ4v) is 2.96. The van der Waals surface area contributed by atoms with E-state index in [0.717, 1.165) is 37.6 Å². The van der Waals surface area contributed by atoms with Crippen LogP contribution in [0.2, 0.25) is 0 Å². The molecule has 0 saturated carbocycles. The number of nitrogens with zero attached hydrogens (tertiary/aromatic N) is 1. The average Bonchev–Trinajstić information content (AvgIpc) is 2.44. The van der Waals surface area contributed by atoms with Crippen LogP contribution >= 0.6 is 0 Å². The molecule has 1 heterocycles. The smallest absolute Gasteiger partial charge is 0.161 e. The van der Waals surface area contributed by atoms with Crippen molar-refractivity contribution in [3.05, 3.63) is 23.8 Å². The maximum atomic E-state index is 6.20. The lowest BCUT2D eigenvalue weighted by Gasteiger charge is -2.42. The van der Waals surface area contributed by atoms with E-state index in [1.165, 1.54) is 5.56 Å². The summed E-state index contributed by atoms with van der Waals surface area (Å²) in [6.45, 7) is 10.1. The monoisotopic (exact) mass is 292 g/mol. The Labute approximate surface area is 128 Å². The third-order valence-corrected chi connectivity index (χ3v) is 4.33. The average molecular weight is 292 g/mol. The molecule has 1 fully saturated rings. The number of ether oxygens (including phenoxy) is 2. The zero-order valence-corrected chi connectivity index (χ0v) is 13.7. The van der Waals surface area contributed by atoms with Crippen molar-refractivity contribution < 1.29 is 9.47 Å². The molecule has 0 bridgehead atoms. The number of hydrogen-bond acceptors (Lipinski definition) is 4. The summed E-state index contributed by atoms with van der Waals surface area (Å²) in [6.07, 6.45) is 1.06. The minimum atomic E-state index is 0.174. The molecule has 1 unspecified atom stereocenters. The molecule has 118 valence electrons. The molecule has 1 atom stereocenters. The molecule has 0 amide bonds. The van der Waals surface area contributed by atoms with Crippen LogP contribution in [0.15, 0.2) is 18.2 Å². The summed E-state index contributed by atoms with van der Waals surface area (Å²) in [4.78, 5) is 2.47. The van der Waals surface area contributed by atoms with Crippen LogP contribution < -0.4 is 15.2 Å². The van der Waals surface area contributed by atoms with E-state index in [0.29, 0.717) is 12.6 Å². The Morgan fingerprint density at radius 2 is 2.10 bits per heavy atom. The van der Waals surface area contributed by atoms with E-state index in [1.54, 1.807) is 7.11 Å². The summed E-state index contributed by atoms with van der Waals surface area (Å²) in [5, 5.41) is 0. The highest BCUT2D eigenvalue weighted by atomic mass is 16.5. The third-order valence-electron chi connectivity index (χ3n) is 4.33. The van der Waals surface area contributed by atoms with Crippen molar-refractivity contribution in [1.29, 1.82) is 0 Å². The van der Waals surface area contributed by atoms with Crippen LogP contribution in [0.25, 0.3) is 0 Å². The van der Waals surface area contributed by atoms with Crippen molar-refractivity contribution in [3.63, 3.8) is 0 Å². The Balaban J connectivity index is 2.06. The Morgan fingerprint density at radius 1 is 1.33 bits per heavy atom. The number of benzene rings is 1. The van der Waals surface area contributed by atoms with E-state index >= 15 is 0 Å². The number of hydrogen-bond donors (Lipinski definition) is 1. The highest BCUT2D eigenvalue weighted by molar-refractivity contribution is 5.43. The number of methoxy groups -OCH3 is 1. The lowest BCUT2D eigenvalue weighted by Crippen LogP contribution is -2.52. The molecule has 0 radical (unpaired) electrons. The van der Waals surface area contributed by atoms with Gasteiger partial charge in [0, 0.05) is 25.7 Å². The molecule has 1 aliphatic rings. The summed E-state index contributed by atoms with van der Waals surface area (Å²) in [5.41, 5.74) is 7.63. The van der Waals surface area contributed by atoms with Crippen molar-refractivity contribution >= 4 is 0 Å². The van der Waals surface area contributed by atoms with Crippen molar-refractivity contribution in [2.45, 2.75) is 39.8 Å². The molecule has 2 rings (SSSR count). The number of rotatable bonds is 5. The first-order chi connectivity index (χ1) is 9.96. The van der Waals surface area contributed by atoms with E-state index in [4.69, 9.17) is 15.2 Å². The molecule has 1 saturated heterocycles. The van der Waals surface area contributed by atoms with E-state index in [2.05, 4.69) is 30.9 Å². The van der Waals surface area contributed by atoms with Gasteiger partial charge in [0.2, 0.25) is 0 Å². The minimum Gasteiger partial charge on any atom is -0.493 e. The first-order valence-electron chi connectivity index (χ1n) is 7.74. The predicted octanol–water partition coefficient (Wildman–Crippen LogP) is 2.65. The van der Waals surface area contributed by atoms with Crippen LogP contribution in [0.4, 0.5) is 0 Å². The SMILES string of the molecule is CCOc1ccc(CN2CCC(N)C(C)(C)C2)cc1OC. The third kappa shape index (κ3) is 3.89. The molecule has 1 aromatic rings. The summed E-state index contributed by atoms with van der Waals surface area (Å²) >= 11 is 0. The van der Waals surface area contributed by atoms with Gasteiger partial charge in [-0.1, -0.05) is 19.9 Å². The van der Waals surface area contributed by atoms with E-state index in [-0.39, 0.29) is 5.41 Å². The molecule has 0 spiro atoms. The van der Waals surface area contributed by atoms with Gasteiger partial charge in [-0.2, -0.15) is 0 Å². The maximum Gasteiger partial charge on any atom is 0.161 e. The summed E-state index contributed by atoms with van der Waals surface area (Å²) in [7, 11) is 1.69. The Bertz CT molecular complexity index is 474. The van der Waals surface area contributed by atoms with Crippen LogP contribution in [0.3, 0.4) is 0 Å². The van der Waals surface area contributed by atoms with Crippen LogP contribution in [0.1, 0.15) is 32.8 Å². The lowest BCUT2D eigenvalue weighted by atomic mass is 9.79. The van der Waals surface area contributed by atoms with Gasteiger partial charge < -0.3 is 15.2 Å². The van der Waals surface area contributed by atoms with E-state index in [9.17, 15) is 0 Å². The largest absolute Gasteiger partial charge is 0.493 e. The van der Waals surface area contributed by atoms with Gasteiger partial charge in [-0.15, -0.1) is 0 Å². The van der Waals surface area contributed by atoms with Crippen LogP contribution in [0, 0.1) is 5.41 Å². The zero-order valence-electron chi connectivity index (χ0n) is 13.7. The molecule has 1 aliphatic heterocycles. The van der Waals surface area contributed by atoms with Gasteiger partial charge in [0.05, 0.1) is 13.7 Å². The van der Waals surface area contributed by atoms with Crippen molar-refractivity contribution in [2.24, 2.45) is 11.1 Å². The molecule has 0 aromatic heterocycles. The summed E-state index contributed by atoms with van der Waals surface area (Å²) in [6, 6.07) is 6.49. The standard InChI is InChI=1S/C17H28N2O2/c1-5-21-14-7-6-13(10-15(14)20-4)11-19-9-8-16(18)17(2,3)12-19/h6-7,10,16H,5,8-9,11-12,18H2,1-4H3. The van der Waals surface area contributed by atoms with E-state index < -0.39 is 0 Å². The number of piperidine rings is 1. The molecule has 1 aromatic carbocycles. The summed E-state index contributed by atoms with van der Waals surface area (Å²) in [5.74, 6) is 1.62. The van der Waals surface area contributed by atoms with Crippen LogP contribution in [0.5, 0.6) is 11.5 Å². The summed E-state index contributed by atoms with van der Waals surface area (Å²) < 4.78 is 11.0. The second-order valence-corrected chi connectivity index (χ2v) is 6.51. The van der Waals surface area contributed by atoms with Gasteiger partial charge in [-0.25, -0.2) is 0 Å². The Kier molecular flexibility index (Phi) is 5.12. The van der Waals surface area contributed by atoms with Crippen molar-refractivity contribution in [1.82, 2.24) is 4.90 Å². The minimum absolute atomic E-state index is 0.174. The van der Waals surface area contributed by atoms with Gasteiger partial charge in [-0.3, -0.25) is 4.90 Å². The number of nitrogens with two attached hydrogens (primary N) is 1. The molecule has 0 aliphatic carbocycles. The quantitative estimate of drug-likeness (QED) is 0.906. The topological polar surface area (TPSA) is 47.7 Å². The molecular weight excluding hydrogens is 264 g/mol. The van der Waals surface area contributed by atoms with Gasteiger partial charge in [0.15, 0.2) is 11.5 Å². The number of likely N-dealkylation sites (tertiary alicyclic amines) is 1. The second kappa shape index (κ2) is 6.67. The Morgan fingerprint density at radius 3 is 2.71 bits per heavy atom. The van der Waals surface area contributed by atoms with Crippen LogP contribution in [-0.4, -0.2) is 37.7 Å². The van der Waals surface area contributed by atoms with E-state index in [1.807, 2.05) is 13.0 Å². The van der Waals surface area contributed by atoms with Gasteiger partial charge in [0.25, 0.3) is 0 Å². The van der Waals surface area contributed by atoms with Gasteiger partial charge in [0.1, 0.15) is 0 Å². The highest BCUT2D eigenvalue weighted by Gasteiger charge is 2.33. The second-order valence-electron chi connectivity index (χ2n) is 6.51. The first kappa shape index (κ1) is 16.1. The molecule has 4 nitrogen and oxygen atoms in total. The molecular formula is C17H28N2O2. The maximum absolute atomic E-state index is 6.20.